The smallest absolute Gasteiger partial charge is 0.240 e. The van der Waals surface area contributed by atoms with Gasteiger partial charge in [0.1, 0.15) is 0 Å². The first-order valence-corrected chi connectivity index (χ1v) is 7.29. The van der Waals surface area contributed by atoms with Crippen LogP contribution in [0.1, 0.15) is 25.0 Å². The summed E-state index contributed by atoms with van der Waals surface area (Å²) >= 11 is 0. The first-order chi connectivity index (χ1) is 8.05. The van der Waals surface area contributed by atoms with E-state index in [-0.39, 0.29) is 0 Å². The van der Waals surface area contributed by atoms with Crippen molar-refractivity contribution in [2.45, 2.75) is 31.7 Å². The third-order valence-electron chi connectivity index (χ3n) is 2.65. The number of sulfonamides is 1. The summed E-state index contributed by atoms with van der Waals surface area (Å²) in [5, 5.41) is 3.18. The van der Waals surface area contributed by atoms with Crippen molar-refractivity contribution in [3.05, 3.63) is 29.3 Å². The van der Waals surface area contributed by atoms with Gasteiger partial charge in [0, 0.05) is 6.54 Å². The van der Waals surface area contributed by atoms with Crippen LogP contribution in [-0.4, -0.2) is 22.0 Å². The fourth-order valence-electron chi connectivity index (χ4n) is 1.63. The van der Waals surface area contributed by atoms with Crippen LogP contribution in [0.5, 0.6) is 0 Å². The van der Waals surface area contributed by atoms with Gasteiger partial charge in [-0.2, -0.15) is 0 Å². The van der Waals surface area contributed by atoms with Crippen molar-refractivity contribution < 1.29 is 8.42 Å². The molecule has 1 rings (SSSR count). The second-order valence-electron chi connectivity index (χ2n) is 3.78. The minimum atomic E-state index is -3.37. The molecule has 0 saturated carbocycles. The summed E-state index contributed by atoms with van der Waals surface area (Å²) in [4.78, 5) is 0.387. The first kappa shape index (κ1) is 14.2. The molecule has 0 radical (unpaired) electrons. The number of hydrogen-bond acceptors (Lipinski definition) is 3. The second kappa shape index (κ2) is 6.14. The molecule has 96 valence electrons. The molecule has 0 bridgehead atoms. The molecule has 17 heavy (non-hydrogen) atoms. The van der Waals surface area contributed by atoms with E-state index in [1.165, 1.54) is 7.05 Å². The lowest BCUT2D eigenvalue weighted by Gasteiger charge is -2.11. The topological polar surface area (TPSA) is 58.2 Å². The summed E-state index contributed by atoms with van der Waals surface area (Å²) in [6, 6.07) is 5.60. The van der Waals surface area contributed by atoms with E-state index in [1.54, 1.807) is 6.07 Å². The van der Waals surface area contributed by atoms with Gasteiger partial charge in [0.05, 0.1) is 4.90 Å². The second-order valence-corrected chi connectivity index (χ2v) is 5.64. The van der Waals surface area contributed by atoms with Crippen LogP contribution in [0.2, 0.25) is 0 Å². The molecule has 0 aliphatic heterocycles. The van der Waals surface area contributed by atoms with Gasteiger partial charge in [-0.1, -0.05) is 26.0 Å². The third-order valence-corrected chi connectivity index (χ3v) is 4.15. The van der Waals surface area contributed by atoms with Gasteiger partial charge in [-0.3, -0.25) is 0 Å². The highest BCUT2D eigenvalue weighted by Gasteiger charge is 2.16. The Hall–Kier alpha value is -0.910. The van der Waals surface area contributed by atoms with E-state index in [0.717, 1.165) is 17.7 Å². The quantitative estimate of drug-likeness (QED) is 0.806. The number of nitrogens with one attached hydrogen (secondary N) is 2. The molecule has 0 spiro atoms. The zero-order chi connectivity index (χ0) is 12.9. The monoisotopic (exact) mass is 256 g/mol. The SMILES string of the molecule is CCNCc1ccc(CC)c(S(=O)(=O)NC)c1. The van der Waals surface area contributed by atoms with E-state index in [2.05, 4.69) is 10.0 Å². The van der Waals surface area contributed by atoms with Crippen LogP contribution >= 0.6 is 0 Å². The normalized spacial score (nSPS) is 11.7. The molecule has 4 nitrogen and oxygen atoms in total. The van der Waals surface area contributed by atoms with Crippen molar-refractivity contribution in [1.82, 2.24) is 10.0 Å². The Balaban J connectivity index is 3.16. The summed E-state index contributed by atoms with van der Waals surface area (Å²) in [6.07, 6.45) is 0.706. The lowest BCUT2D eigenvalue weighted by molar-refractivity contribution is 0.586. The fourth-order valence-corrected chi connectivity index (χ4v) is 2.71. The van der Waals surface area contributed by atoms with Gasteiger partial charge < -0.3 is 5.32 Å². The van der Waals surface area contributed by atoms with Crippen LogP contribution in [0.15, 0.2) is 23.1 Å². The molecule has 2 N–H and O–H groups in total. The molecule has 0 aromatic heterocycles. The van der Waals surface area contributed by atoms with E-state index in [0.29, 0.717) is 17.9 Å². The Bertz CT molecular complexity index is 469. The fraction of sp³-hybridized carbons (Fsp3) is 0.500. The lowest BCUT2D eigenvalue weighted by atomic mass is 10.1. The Morgan fingerprint density at radius 2 is 1.94 bits per heavy atom. The maximum absolute atomic E-state index is 11.9. The van der Waals surface area contributed by atoms with E-state index in [4.69, 9.17) is 0 Å². The lowest BCUT2D eigenvalue weighted by Crippen LogP contribution is -2.21. The highest BCUT2D eigenvalue weighted by Crippen LogP contribution is 2.18. The van der Waals surface area contributed by atoms with Gasteiger partial charge in [-0.05, 0) is 37.2 Å². The Labute approximate surface area is 103 Å². The molecule has 0 unspecified atom stereocenters. The molecule has 5 heteroatoms. The molecular weight excluding hydrogens is 236 g/mol. The van der Waals surface area contributed by atoms with Crippen molar-refractivity contribution in [2.75, 3.05) is 13.6 Å². The van der Waals surface area contributed by atoms with Crippen LogP contribution in [0, 0.1) is 0 Å². The summed E-state index contributed by atoms with van der Waals surface area (Å²) in [5.41, 5.74) is 1.83. The summed E-state index contributed by atoms with van der Waals surface area (Å²) in [7, 11) is -1.93. The van der Waals surface area contributed by atoms with Gasteiger partial charge >= 0.3 is 0 Å². The molecule has 0 amide bonds. The molecule has 0 atom stereocenters. The van der Waals surface area contributed by atoms with Gasteiger partial charge in [-0.15, -0.1) is 0 Å². The molecule has 0 saturated heterocycles. The zero-order valence-electron chi connectivity index (χ0n) is 10.6. The van der Waals surface area contributed by atoms with E-state index >= 15 is 0 Å². The molecular formula is C12H20N2O2S. The number of hydrogen-bond donors (Lipinski definition) is 2. The minimum Gasteiger partial charge on any atom is -0.313 e. The Morgan fingerprint density at radius 3 is 2.47 bits per heavy atom. The highest BCUT2D eigenvalue weighted by molar-refractivity contribution is 7.89. The minimum absolute atomic E-state index is 0.387. The predicted octanol–water partition coefficient (Wildman–Crippen LogP) is 1.27. The standard InChI is InChI=1S/C12H20N2O2S/c1-4-11-7-6-10(9-14-5-2)8-12(11)17(15,16)13-3/h6-8,13-14H,4-5,9H2,1-3H3. The maximum atomic E-state index is 11.9. The number of rotatable bonds is 6. The summed E-state index contributed by atoms with van der Waals surface area (Å²) in [5.74, 6) is 0. The third kappa shape index (κ3) is 3.52. The van der Waals surface area contributed by atoms with Gasteiger partial charge in [0.2, 0.25) is 10.0 Å². The van der Waals surface area contributed by atoms with Crippen molar-refractivity contribution >= 4 is 10.0 Å². The first-order valence-electron chi connectivity index (χ1n) is 5.81. The largest absolute Gasteiger partial charge is 0.313 e. The van der Waals surface area contributed by atoms with Crippen LogP contribution in [0.4, 0.5) is 0 Å². The van der Waals surface area contributed by atoms with Gasteiger partial charge in [-0.25, -0.2) is 13.1 Å². The number of benzene rings is 1. The van der Waals surface area contributed by atoms with Gasteiger partial charge in [0.15, 0.2) is 0 Å². The van der Waals surface area contributed by atoms with Crippen LogP contribution < -0.4 is 10.0 Å². The Kier molecular flexibility index (Phi) is 5.11. The molecule has 1 aromatic carbocycles. The Morgan fingerprint density at radius 1 is 1.24 bits per heavy atom. The van der Waals surface area contributed by atoms with Crippen LogP contribution in [-0.2, 0) is 23.0 Å². The molecule has 0 heterocycles. The number of aryl methyl sites for hydroxylation is 1. The maximum Gasteiger partial charge on any atom is 0.240 e. The summed E-state index contributed by atoms with van der Waals surface area (Å²) in [6.45, 7) is 5.52. The molecule has 0 fully saturated rings. The van der Waals surface area contributed by atoms with Crippen molar-refractivity contribution in [1.29, 1.82) is 0 Å². The van der Waals surface area contributed by atoms with E-state index < -0.39 is 10.0 Å². The van der Waals surface area contributed by atoms with Crippen molar-refractivity contribution in [2.24, 2.45) is 0 Å². The molecule has 0 aliphatic rings. The predicted molar refractivity (Wildman–Crippen MR) is 69.4 cm³/mol. The molecule has 0 aliphatic carbocycles. The van der Waals surface area contributed by atoms with E-state index in [9.17, 15) is 8.42 Å². The van der Waals surface area contributed by atoms with Gasteiger partial charge in [0.25, 0.3) is 0 Å². The highest BCUT2D eigenvalue weighted by atomic mass is 32.2. The van der Waals surface area contributed by atoms with Crippen molar-refractivity contribution in [3.8, 4) is 0 Å². The zero-order valence-corrected chi connectivity index (χ0v) is 11.4. The average Bonchev–Trinajstić information content (AvgIpc) is 2.36. The van der Waals surface area contributed by atoms with E-state index in [1.807, 2.05) is 26.0 Å². The van der Waals surface area contributed by atoms with Crippen LogP contribution in [0.3, 0.4) is 0 Å². The summed E-state index contributed by atoms with van der Waals surface area (Å²) < 4.78 is 26.1. The average molecular weight is 256 g/mol. The molecule has 1 aromatic rings. The van der Waals surface area contributed by atoms with Crippen molar-refractivity contribution in [3.63, 3.8) is 0 Å². The van der Waals surface area contributed by atoms with Crippen LogP contribution in [0.25, 0.3) is 0 Å².